The standard InChI is InChI=1S/C17H28N2O2/c1-5-19-12(2)10-14(13(19)3)16(21)18-11-17(4)9-7-6-8-15(17)20/h10,15,20H,5-9,11H2,1-4H3,(H,18,21). The predicted octanol–water partition coefficient (Wildman–Crippen LogP) is 2.80. The van der Waals surface area contributed by atoms with E-state index in [2.05, 4.69) is 23.7 Å². The molecule has 2 atom stereocenters. The first-order valence-corrected chi connectivity index (χ1v) is 8.02. The SMILES string of the molecule is CCn1c(C)cc(C(=O)NCC2(C)CCCCC2O)c1C. The average molecular weight is 292 g/mol. The molecule has 118 valence electrons. The highest BCUT2D eigenvalue weighted by atomic mass is 16.3. The second kappa shape index (κ2) is 6.22. The van der Waals surface area contributed by atoms with Crippen LogP contribution in [0.4, 0.5) is 0 Å². The van der Waals surface area contributed by atoms with E-state index in [4.69, 9.17) is 0 Å². The van der Waals surface area contributed by atoms with Gasteiger partial charge in [-0.15, -0.1) is 0 Å². The Bertz CT molecular complexity index is 521. The monoisotopic (exact) mass is 292 g/mol. The average Bonchev–Trinajstić information content (AvgIpc) is 2.74. The van der Waals surface area contributed by atoms with Crippen molar-refractivity contribution in [3.05, 3.63) is 23.0 Å². The Balaban J connectivity index is 2.05. The molecular formula is C17H28N2O2. The number of hydrogen-bond donors (Lipinski definition) is 2. The van der Waals surface area contributed by atoms with Crippen molar-refractivity contribution in [2.75, 3.05) is 6.54 Å². The van der Waals surface area contributed by atoms with E-state index in [1.807, 2.05) is 19.9 Å². The first-order chi connectivity index (χ1) is 9.89. The Morgan fingerprint density at radius 3 is 2.76 bits per heavy atom. The van der Waals surface area contributed by atoms with Crippen molar-refractivity contribution < 1.29 is 9.90 Å². The number of hydrogen-bond acceptors (Lipinski definition) is 2. The second-order valence-corrected chi connectivity index (χ2v) is 6.63. The van der Waals surface area contributed by atoms with Crippen molar-refractivity contribution in [1.82, 2.24) is 9.88 Å². The molecule has 1 aliphatic rings. The summed E-state index contributed by atoms with van der Waals surface area (Å²) in [6.07, 6.45) is 3.73. The number of nitrogens with zero attached hydrogens (tertiary/aromatic N) is 1. The molecule has 1 heterocycles. The number of aromatic nitrogens is 1. The maximum Gasteiger partial charge on any atom is 0.253 e. The number of aliphatic hydroxyl groups excluding tert-OH is 1. The quantitative estimate of drug-likeness (QED) is 0.896. The van der Waals surface area contributed by atoms with Crippen molar-refractivity contribution in [2.45, 2.75) is 66.0 Å². The fourth-order valence-corrected chi connectivity index (χ4v) is 3.48. The summed E-state index contributed by atoms with van der Waals surface area (Å²) < 4.78 is 2.14. The Labute approximate surface area is 127 Å². The molecule has 1 amide bonds. The molecule has 1 aromatic heterocycles. The van der Waals surface area contributed by atoms with E-state index in [0.717, 1.165) is 49.2 Å². The third-order valence-corrected chi connectivity index (χ3v) is 5.07. The number of carbonyl (C=O) groups excluding carboxylic acids is 1. The van der Waals surface area contributed by atoms with E-state index in [0.29, 0.717) is 6.54 Å². The summed E-state index contributed by atoms with van der Waals surface area (Å²) in [7, 11) is 0. The molecular weight excluding hydrogens is 264 g/mol. The van der Waals surface area contributed by atoms with Gasteiger partial charge in [0.25, 0.3) is 5.91 Å². The zero-order valence-electron chi connectivity index (χ0n) is 13.7. The summed E-state index contributed by atoms with van der Waals surface area (Å²) in [5.41, 5.74) is 2.69. The number of aryl methyl sites for hydroxylation is 1. The first-order valence-electron chi connectivity index (χ1n) is 8.02. The molecule has 2 unspecified atom stereocenters. The van der Waals surface area contributed by atoms with Gasteiger partial charge in [0.15, 0.2) is 0 Å². The summed E-state index contributed by atoms with van der Waals surface area (Å²) in [6.45, 7) is 9.60. The van der Waals surface area contributed by atoms with Gasteiger partial charge >= 0.3 is 0 Å². The Hall–Kier alpha value is -1.29. The van der Waals surface area contributed by atoms with Crippen LogP contribution in [-0.4, -0.2) is 28.2 Å². The van der Waals surface area contributed by atoms with Crippen LogP contribution in [0, 0.1) is 19.3 Å². The lowest BCUT2D eigenvalue weighted by atomic mass is 9.73. The van der Waals surface area contributed by atoms with Gasteiger partial charge in [-0.2, -0.15) is 0 Å². The fourth-order valence-electron chi connectivity index (χ4n) is 3.48. The smallest absolute Gasteiger partial charge is 0.253 e. The van der Waals surface area contributed by atoms with E-state index in [1.165, 1.54) is 0 Å². The summed E-state index contributed by atoms with van der Waals surface area (Å²) in [6, 6.07) is 1.95. The highest BCUT2D eigenvalue weighted by Gasteiger charge is 2.35. The van der Waals surface area contributed by atoms with Gasteiger partial charge in [-0.3, -0.25) is 4.79 Å². The molecule has 2 N–H and O–H groups in total. The second-order valence-electron chi connectivity index (χ2n) is 6.63. The van der Waals surface area contributed by atoms with Gasteiger partial charge in [-0.25, -0.2) is 0 Å². The van der Waals surface area contributed by atoms with Crippen LogP contribution in [-0.2, 0) is 6.54 Å². The van der Waals surface area contributed by atoms with E-state index in [9.17, 15) is 9.90 Å². The van der Waals surface area contributed by atoms with Gasteiger partial charge in [0.05, 0.1) is 11.7 Å². The van der Waals surface area contributed by atoms with Crippen LogP contribution in [0.15, 0.2) is 6.07 Å². The minimum Gasteiger partial charge on any atom is -0.392 e. The minimum atomic E-state index is -0.311. The molecule has 21 heavy (non-hydrogen) atoms. The highest BCUT2D eigenvalue weighted by molar-refractivity contribution is 5.95. The van der Waals surface area contributed by atoms with E-state index in [1.54, 1.807) is 0 Å². The first kappa shape index (κ1) is 16.1. The molecule has 0 aliphatic heterocycles. The van der Waals surface area contributed by atoms with Crippen molar-refractivity contribution in [3.63, 3.8) is 0 Å². The third kappa shape index (κ3) is 3.15. The zero-order chi connectivity index (χ0) is 15.6. The molecule has 0 aromatic carbocycles. The van der Waals surface area contributed by atoms with Crippen molar-refractivity contribution in [1.29, 1.82) is 0 Å². The van der Waals surface area contributed by atoms with Gasteiger partial charge in [0, 0.05) is 29.9 Å². The molecule has 0 saturated heterocycles. The summed E-state index contributed by atoms with van der Waals surface area (Å²) in [5.74, 6) is -0.0261. The van der Waals surface area contributed by atoms with Gasteiger partial charge in [-0.05, 0) is 39.7 Å². The summed E-state index contributed by atoms with van der Waals surface area (Å²) >= 11 is 0. The van der Waals surface area contributed by atoms with Crippen LogP contribution in [0.5, 0.6) is 0 Å². The lowest BCUT2D eigenvalue weighted by molar-refractivity contribution is 0.00190. The fraction of sp³-hybridized carbons (Fsp3) is 0.706. The van der Waals surface area contributed by atoms with Crippen LogP contribution >= 0.6 is 0 Å². The molecule has 4 nitrogen and oxygen atoms in total. The highest BCUT2D eigenvalue weighted by Crippen LogP contribution is 2.35. The van der Waals surface area contributed by atoms with E-state index in [-0.39, 0.29) is 17.4 Å². The summed E-state index contributed by atoms with van der Waals surface area (Å²) in [4.78, 5) is 12.4. The van der Waals surface area contributed by atoms with Gasteiger partial charge in [0.2, 0.25) is 0 Å². The Kier molecular flexibility index (Phi) is 4.77. The van der Waals surface area contributed by atoms with Crippen molar-refractivity contribution >= 4 is 5.91 Å². The lowest BCUT2D eigenvalue weighted by Gasteiger charge is -2.38. The molecule has 0 spiro atoms. The third-order valence-electron chi connectivity index (χ3n) is 5.07. The van der Waals surface area contributed by atoms with Crippen molar-refractivity contribution in [3.8, 4) is 0 Å². The van der Waals surface area contributed by atoms with Crippen LogP contribution in [0.3, 0.4) is 0 Å². The minimum absolute atomic E-state index is 0.0261. The van der Waals surface area contributed by atoms with E-state index < -0.39 is 0 Å². The number of nitrogens with one attached hydrogen (secondary N) is 1. The maximum absolute atomic E-state index is 12.4. The van der Waals surface area contributed by atoms with Crippen LogP contribution in [0.1, 0.15) is 61.3 Å². The molecule has 1 fully saturated rings. The molecule has 2 rings (SSSR count). The largest absolute Gasteiger partial charge is 0.392 e. The predicted molar refractivity (Wildman–Crippen MR) is 84.5 cm³/mol. The number of aliphatic hydroxyl groups is 1. The molecule has 0 radical (unpaired) electrons. The molecule has 0 bridgehead atoms. The molecule has 1 saturated carbocycles. The number of carbonyl (C=O) groups is 1. The molecule has 1 aliphatic carbocycles. The van der Waals surface area contributed by atoms with Gasteiger partial charge in [-0.1, -0.05) is 19.8 Å². The van der Waals surface area contributed by atoms with Crippen molar-refractivity contribution in [2.24, 2.45) is 5.41 Å². The van der Waals surface area contributed by atoms with Gasteiger partial charge < -0.3 is 15.0 Å². The number of amides is 1. The zero-order valence-corrected chi connectivity index (χ0v) is 13.7. The Morgan fingerprint density at radius 1 is 1.48 bits per heavy atom. The topological polar surface area (TPSA) is 54.3 Å². The summed E-state index contributed by atoms with van der Waals surface area (Å²) in [5, 5.41) is 13.2. The normalized spacial score (nSPS) is 25.9. The number of rotatable bonds is 4. The Morgan fingerprint density at radius 2 is 2.19 bits per heavy atom. The molecule has 1 aromatic rings. The van der Waals surface area contributed by atoms with Crippen LogP contribution in [0.2, 0.25) is 0 Å². The molecule has 4 heteroatoms. The van der Waals surface area contributed by atoms with Crippen LogP contribution in [0.25, 0.3) is 0 Å². The van der Waals surface area contributed by atoms with Gasteiger partial charge in [0.1, 0.15) is 0 Å². The lowest BCUT2D eigenvalue weighted by Crippen LogP contribution is -2.45. The van der Waals surface area contributed by atoms with Crippen LogP contribution < -0.4 is 5.32 Å². The van der Waals surface area contributed by atoms with E-state index >= 15 is 0 Å². The maximum atomic E-state index is 12.4.